The summed E-state index contributed by atoms with van der Waals surface area (Å²) in [5.74, 6) is -0.221. The summed E-state index contributed by atoms with van der Waals surface area (Å²) in [7, 11) is 1.67. The predicted molar refractivity (Wildman–Crippen MR) is 82.6 cm³/mol. The van der Waals surface area contributed by atoms with Gasteiger partial charge in [0.1, 0.15) is 0 Å². The quantitative estimate of drug-likeness (QED) is 0.917. The van der Waals surface area contributed by atoms with E-state index in [0.29, 0.717) is 21.4 Å². The van der Waals surface area contributed by atoms with Gasteiger partial charge in [0, 0.05) is 19.3 Å². The molecular weight excluding hydrogens is 286 g/mol. The number of anilines is 2. The van der Waals surface area contributed by atoms with E-state index in [1.165, 1.54) is 16.2 Å². The van der Waals surface area contributed by atoms with Gasteiger partial charge in [-0.15, -0.1) is 10.2 Å². The lowest BCUT2D eigenvalue weighted by molar-refractivity contribution is 0.0992. The molecule has 1 N–H and O–H groups in total. The Morgan fingerprint density at radius 1 is 1.38 bits per heavy atom. The van der Waals surface area contributed by atoms with Crippen LogP contribution in [0.4, 0.5) is 10.8 Å². The molecule has 2 rings (SSSR count). The Morgan fingerprint density at radius 3 is 2.71 bits per heavy atom. The van der Waals surface area contributed by atoms with Gasteiger partial charge < -0.3 is 10.2 Å². The van der Waals surface area contributed by atoms with Gasteiger partial charge in [0.25, 0.3) is 5.91 Å². The first-order valence-electron chi connectivity index (χ1n) is 6.51. The van der Waals surface area contributed by atoms with Crippen molar-refractivity contribution < 1.29 is 4.79 Å². The highest BCUT2D eigenvalue weighted by Crippen LogP contribution is 2.20. The Bertz CT molecular complexity index is 659. The first-order chi connectivity index (χ1) is 10.2. The maximum Gasteiger partial charge on any atom is 0.289 e. The van der Waals surface area contributed by atoms with Gasteiger partial charge in [-0.3, -0.25) is 4.79 Å². The third-order valence-corrected chi connectivity index (χ3v) is 3.69. The molecule has 0 spiro atoms. The molecule has 1 aromatic carbocycles. The zero-order valence-corrected chi connectivity index (χ0v) is 12.6. The molecule has 1 aromatic heterocycles. The van der Waals surface area contributed by atoms with Crippen LogP contribution in [0.5, 0.6) is 0 Å². The summed E-state index contributed by atoms with van der Waals surface area (Å²) in [6.45, 7) is 2.85. The number of nitrogens with zero attached hydrogens (tertiary/aromatic N) is 4. The van der Waals surface area contributed by atoms with E-state index < -0.39 is 0 Å². The molecule has 0 saturated heterocycles. The second-order valence-electron chi connectivity index (χ2n) is 4.36. The van der Waals surface area contributed by atoms with Gasteiger partial charge in [0.2, 0.25) is 10.1 Å². The van der Waals surface area contributed by atoms with E-state index in [1.807, 2.05) is 6.07 Å². The van der Waals surface area contributed by atoms with Gasteiger partial charge in [-0.1, -0.05) is 18.3 Å². The molecule has 0 aliphatic heterocycles. The Labute approximate surface area is 127 Å². The fraction of sp³-hybridized carbons (Fsp3) is 0.286. The van der Waals surface area contributed by atoms with Crippen LogP contribution in [0.25, 0.3) is 0 Å². The number of nitriles is 1. The summed E-state index contributed by atoms with van der Waals surface area (Å²) in [5.41, 5.74) is 1.26. The van der Waals surface area contributed by atoms with Crippen LogP contribution in [0.3, 0.4) is 0 Å². The summed E-state index contributed by atoms with van der Waals surface area (Å²) >= 11 is 1.23. The third kappa shape index (κ3) is 3.55. The molecule has 2 aromatic rings. The average molecular weight is 301 g/mol. The molecule has 0 radical (unpaired) electrons. The van der Waals surface area contributed by atoms with Crippen molar-refractivity contribution in [1.82, 2.24) is 10.2 Å². The summed E-state index contributed by atoms with van der Waals surface area (Å²) in [6.07, 6.45) is 0.980. The minimum Gasteiger partial charge on any atom is -0.360 e. The maximum absolute atomic E-state index is 12.3. The van der Waals surface area contributed by atoms with Crippen LogP contribution in [0, 0.1) is 11.3 Å². The van der Waals surface area contributed by atoms with Crippen molar-refractivity contribution in [3.63, 3.8) is 0 Å². The predicted octanol–water partition coefficient (Wildman–Crippen LogP) is 2.51. The molecule has 0 unspecified atom stereocenters. The van der Waals surface area contributed by atoms with Crippen LogP contribution in [-0.2, 0) is 0 Å². The van der Waals surface area contributed by atoms with Crippen molar-refractivity contribution in [2.24, 2.45) is 0 Å². The molecular formula is C14H15N5OS. The Hall–Kier alpha value is -2.46. The normalized spacial score (nSPS) is 9.95. The minimum absolute atomic E-state index is 0.221. The molecule has 0 bridgehead atoms. The van der Waals surface area contributed by atoms with Gasteiger partial charge in [0.05, 0.1) is 11.6 Å². The summed E-state index contributed by atoms with van der Waals surface area (Å²) < 4.78 is 0. The van der Waals surface area contributed by atoms with Crippen LogP contribution in [-0.4, -0.2) is 29.7 Å². The van der Waals surface area contributed by atoms with E-state index in [4.69, 9.17) is 5.26 Å². The van der Waals surface area contributed by atoms with Crippen LogP contribution >= 0.6 is 11.3 Å². The first-order valence-corrected chi connectivity index (χ1v) is 7.33. The van der Waals surface area contributed by atoms with Gasteiger partial charge in [0.15, 0.2) is 0 Å². The zero-order chi connectivity index (χ0) is 15.2. The number of amides is 1. The lowest BCUT2D eigenvalue weighted by atomic mass is 10.2. The maximum atomic E-state index is 12.3. The average Bonchev–Trinajstić information content (AvgIpc) is 3.00. The number of carbonyl (C=O) groups excluding carboxylic acids is 1. The highest BCUT2D eigenvalue weighted by atomic mass is 32.1. The van der Waals surface area contributed by atoms with Crippen molar-refractivity contribution in [3.05, 3.63) is 34.8 Å². The molecule has 6 nitrogen and oxygen atoms in total. The smallest absolute Gasteiger partial charge is 0.289 e. The number of aromatic nitrogens is 2. The van der Waals surface area contributed by atoms with Gasteiger partial charge in [-0.05, 0) is 30.7 Å². The Balaban J connectivity index is 2.11. The molecule has 0 fully saturated rings. The third-order valence-electron chi connectivity index (χ3n) is 2.82. The van der Waals surface area contributed by atoms with Crippen molar-refractivity contribution in [3.8, 4) is 6.07 Å². The van der Waals surface area contributed by atoms with E-state index in [0.717, 1.165) is 13.0 Å². The zero-order valence-electron chi connectivity index (χ0n) is 11.8. The molecule has 1 amide bonds. The van der Waals surface area contributed by atoms with Crippen LogP contribution in [0.2, 0.25) is 0 Å². The second kappa shape index (κ2) is 6.81. The molecule has 1 heterocycles. The molecule has 7 heteroatoms. The first kappa shape index (κ1) is 14.9. The van der Waals surface area contributed by atoms with Crippen molar-refractivity contribution in [2.45, 2.75) is 13.3 Å². The molecule has 21 heavy (non-hydrogen) atoms. The lowest BCUT2D eigenvalue weighted by Gasteiger charge is -2.15. The molecule has 0 saturated carbocycles. The molecule has 108 valence electrons. The van der Waals surface area contributed by atoms with Gasteiger partial charge >= 0.3 is 0 Å². The van der Waals surface area contributed by atoms with E-state index in [-0.39, 0.29) is 5.91 Å². The molecule has 0 aliphatic rings. The van der Waals surface area contributed by atoms with Crippen molar-refractivity contribution in [2.75, 3.05) is 23.8 Å². The summed E-state index contributed by atoms with van der Waals surface area (Å²) in [6, 6.07) is 8.85. The fourth-order valence-electron chi connectivity index (χ4n) is 1.63. The Kier molecular flexibility index (Phi) is 4.85. The SMILES string of the molecule is CCCNc1nnc(C(=O)N(C)c2ccc(C#N)cc2)s1. The number of nitrogens with one attached hydrogen (secondary N) is 1. The second-order valence-corrected chi connectivity index (χ2v) is 5.34. The van der Waals surface area contributed by atoms with E-state index in [9.17, 15) is 4.79 Å². The van der Waals surface area contributed by atoms with E-state index in [1.54, 1.807) is 31.3 Å². The number of benzene rings is 1. The van der Waals surface area contributed by atoms with Crippen molar-refractivity contribution in [1.29, 1.82) is 5.26 Å². The van der Waals surface area contributed by atoms with Crippen LogP contribution < -0.4 is 10.2 Å². The highest BCUT2D eigenvalue weighted by molar-refractivity contribution is 7.17. The lowest BCUT2D eigenvalue weighted by Crippen LogP contribution is -2.26. The van der Waals surface area contributed by atoms with Crippen LogP contribution in [0.1, 0.15) is 28.7 Å². The summed E-state index contributed by atoms with van der Waals surface area (Å²) in [4.78, 5) is 13.8. The minimum atomic E-state index is -0.221. The van der Waals surface area contributed by atoms with Gasteiger partial charge in [-0.25, -0.2) is 0 Å². The highest BCUT2D eigenvalue weighted by Gasteiger charge is 2.18. The fourth-order valence-corrected chi connectivity index (χ4v) is 2.38. The number of hydrogen-bond acceptors (Lipinski definition) is 6. The number of rotatable bonds is 5. The molecule has 0 aliphatic carbocycles. The number of carbonyl (C=O) groups is 1. The standard InChI is InChI=1S/C14H15N5OS/c1-3-8-16-14-18-17-12(21-14)13(20)19(2)11-6-4-10(9-15)5-7-11/h4-7H,3,8H2,1-2H3,(H,16,18). The van der Waals surface area contributed by atoms with Crippen LogP contribution in [0.15, 0.2) is 24.3 Å². The van der Waals surface area contributed by atoms with E-state index in [2.05, 4.69) is 22.4 Å². The van der Waals surface area contributed by atoms with Gasteiger partial charge in [-0.2, -0.15) is 5.26 Å². The molecule has 0 atom stereocenters. The summed E-state index contributed by atoms with van der Waals surface area (Å²) in [5, 5.41) is 20.7. The van der Waals surface area contributed by atoms with Crippen molar-refractivity contribution >= 4 is 28.1 Å². The topological polar surface area (TPSA) is 81.9 Å². The number of hydrogen-bond donors (Lipinski definition) is 1. The monoisotopic (exact) mass is 301 g/mol. The van der Waals surface area contributed by atoms with E-state index >= 15 is 0 Å². The largest absolute Gasteiger partial charge is 0.360 e. The Morgan fingerprint density at radius 2 is 2.10 bits per heavy atom.